The van der Waals surface area contributed by atoms with E-state index in [1.807, 2.05) is 18.2 Å². The maximum Gasteiger partial charge on any atom is 0.416 e. The number of nitrogens with one attached hydrogen (secondary N) is 2. The van der Waals surface area contributed by atoms with Gasteiger partial charge in [-0.3, -0.25) is 5.32 Å². The first kappa shape index (κ1) is 21.4. The van der Waals surface area contributed by atoms with E-state index in [0.717, 1.165) is 38.3 Å². The maximum atomic E-state index is 12.6. The van der Waals surface area contributed by atoms with Gasteiger partial charge in [0.05, 0.1) is 5.56 Å². The third kappa shape index (κ3) is 5.26. The van der Waals surface area contributed by atoms with Crippen molar-refractivity contribution in [2.75, 3.05) is 46.6 Å². The molecule has 1 saturated heterocycles. The van der Waals surface area contributed by atoms with E-state index in [1.165, 1.54) is 24.1 Å². The number of rotatable bonds is 4. The lowest BCUT2D eigenvalue weighted by Crippen LogP contribution is -2.46. The topological polar surface area (TPSA) is 73.4 Å². The number of carbonyl (C=O) groups excluding carboxylic acids is 1. The van der Waals surface area contributed by atoms with E-state index in [-0.39, 0.29) is 5.69 Å². The molecule has 0 spiro atoms. The van der Waals surface area contributed by atoms with Crippen LogP contribution in [0.4, 0.5) is 41.0 Å². The molecule has 0 saturated carbocycles. The lowest BCUT2D eigenvalue weighted by Gasteiger charge is -2.36. The van der Waals surface area contributed by atoms with E-state index in [1.54, 1.807) is 6.07 Å². The number of nitrogens with zero attached hydrogens (tertiary/aromatic N) is 4. The van der Waals surface area contributed by atoms with Crippen LogP contribution in [0.15, 0.2) is 67.0 Å². The molecule has 2 heterocycles. The normalized spacial score (nSPS) is 14.2. The molecule has 0 unspecified atom stereocenters. The number of aromatic nitrogens is 2. The highest BCUT2D eigenvalue weighted by molar-refractivity contribution is 5.99. The zero-order valence-electron chi connectivity index (χ0n) is 17.0. The van der Waals surface area contributed by atoms with Crippen LogP contribution >= 0.6 is 0 Å². The molecule has 0 bridgehead atoms. The Morgan fingerprint density at radius 2 is 1.50 bits per heavy atom. The van der Waals surface area contributed by atoms with Crippen LogP contribution in [0, 0.1) is 0 Å². The number of amides is 2. The second-order valence-corrected chi connectivity index (χ2v) is 7.23. The van der Waals surface area contributed by atoms with Crippen LogP contribution in [0.2, 0.25) is 0 Å². The van der Waals surface area contributed by atoms with Crippen molar-refractivity contribution in [1.82, 2.24) is 9.97 Å². The van der Waals surface area contributed by atoms with Crippen LogP contribution in [-0.2, 0) is 6.18 Å². The van der Waals surface area contributed by atoms with Gasteiger partial charge in [0.15, 0.2) is 0 Å². The Morgan fingerprint density at radius 3 is 2.16 bits per heavy atom. The molecule has 1 aromatic heterocycles. The van der Waals surface area contributed by atoms with E-state index in [0.29, 0.717) is 11.6 Å². The lowest BCUT2D eigenvalue weighted by atomic mass is 10.2. The minimum Gasteiger partial charge on any atom is -0.368 e. The number of halogens is 3. The molecule has 0 radical (unpaired) electrons. The molecule has 2 amide bonds. The highest BCUT2D eigenvalue weighted by Crippen LogP contribution is 2.29. The number of urea groups is 1. The summed E-state index contributed by atoms with van der Waals surface area (Å²) in [7, 11) is 0. The van der Waals surface area contributed by atoms with Gasteiger partial charge in [-0.1, -0.05) is 18.2 Å². The zero-order chi connectivity index (χ0) is 22.6. The highest BCUT2D eigenvalue weighted by Gasteiger charge is 2.30. The first-order valence-corrected chi connectivity index (χ1v) is 10.0. The van der Waals surface area contributed by atoms with Gasteiger partial charge in [-0.15, -0.1) is 0 Å². The molecule has 10 heteroatoms. The van der Waals surface area contributed by atoms with E-state index in [4.69, 9.17) is 0 Å². The molecule has 1 fully saturated rings. The molecule has 1 aliphatic rings. The van der Waals surface area contributed by atoms with Crippen LogP contribution in [-0.4, -0.2) is 42.2 Å². The minimum atomic E-state index is -4.43. The number of anilines is 4. The number of alkyl halides is 3. The van der Waals surface area contributed by atoms with Crippen LogP contribution in [0.1, 0.15) is 5.56 Å². The van der Waals surface area contributed by atoms with Gasteiger partial charge in [-0.2, -0.15) is 13.2 Å². The fourth-order valence-electron chi connectivity index (χ4n) is 3.44. The summed E-state index contributed by atoms with van der Waals surface area (Å²) in [6, 6.07) is 15.5. The second-order valence-electron chi connectivity index (χ2n) is 7.23. The van der Waals surface area contributed by atoms with Gasteiger partial charge >= 0.3 is 12.2 Å². The number of hydrogen-bond donors (Lipinski definition) is 2. The van der Waals surface area contributed by atoms with Gasteiger partial charge in [0.2, 0.25) is 0 Å². The standard InChI is InChI=1S/C22H21F3N6O/c23-22(24,25)16-6-8-17(9-7-16)28-21(32)29-19-14-20(27-15-26-19)31-12-10-30(11-13-31)18-4-2-1-3-5-18/h1-9,14-15H,10-13H2,(H2,26,27,28,29,32). The zero-order valence-corrected chi connectivity index (χ0v) is 17.0. The SMILES string of the molecule is O=C(Nc1ccc(C(F)(F)F)cc1)Nc1cc(N2CCN(c3ccccc3)CC2)ncn1. The number of para-hydroxylation sites is 1. The van der Waals surface area contributed by atoms with Crippen LogP contribution in [0.25, 0.3) is 0 Å². The van der Waals surface area contributed by atoms with E-state index < -0.39 is 17.8 Å². The third-order valence-electron chi connectivity index (χ3n) is 5.09. The third-order valence-corrected chi connectivity index (χ3v) is 5.09. The molecular formula is C22H21F3N6O. The predicted molar refractivity (Wildman–Crippen MR) is 117 cm³/mol. The Hall–Kier alpha value is -3.82. The summed E-state index contributed by atoms with van der Waals surface area (Å²) < 4.78 is 37.9. The Balaban J connectivity index is 1.33. The molecule has 1 aliphatic heterocycles. The van der Waals surface area contributed by atoms with E-state index >= 15 is 0 Å². The van der Waals surface area contributed by atoms with Crippen molar-refractivity contribution in [3.8, 4) is 0 Å². The summed E-state index contributed by atoms with van der Waals surface area (Å²) in [6.07, 6.45) is -3.06. The smallest absolute Gasteiger partial charge is 0.368 e. The highest BCUT2D eigenvalue weighted by atomic mass is 19.4. The van der Waals surface area contributed by atoms with Crippen molar-refractivity contribution >= 4 is 29.0 Å². The summed E-state index contributed by atoms with van der Waals surface area (Å²) in [6.45, 7) is 3.21. The molecule has 32 heavy (non-hydrogen) atoms. The Labute approximate surface area is 182 Å². The molecule has 3 aromatic rings. The van der Waals surface area contributed by atoms with Crippen molar-refractivity contribution < 1.29 is 18.0 Å². The van der Waals surface area contributed by atoms with Crippen molar-refractivity contribution in [2.24, 2.45) is 0 Å². The number of carbonyl (C=O) groups is 1. The second kappa shape index (κ2) is 9.13. The average molecular weight is 442 g/mol. The summed E-state index contributed by atoms with van der Waals surface area (Å²) in [5.74, 6) is 0.988. The molecule has 0 atom stereocenters. The molecule has 2 aromatic carbocycles. The van der Waals surface area contributed by atoms with Crippen molar-refractivity contribution in [1.29, 1.82) is 0 Å². The molecule has 2 N–H and O–H groups in total. The first-order valence-electron chi connectivity index (χ1n) is 10.0. The fraction of sp³-hybridized carbons (Fsp3) is 0.227. The molecule has 7 nitrogen and oxygen atoms in total. The summed E-state index contributed by atoms with van der Waals surface area (Å²) in [4.78, 5) is 25.0. The quantitative estimate of drug-likeness (QED) is 0.624. The molecule has 4 rings (SSSR count). The van der Waals surface area contributed by atoms with Gasteiger partial charge < -0.3 is 15.1 Å². The van der Waals surface area contributed by atoms with Gasteiger partial charge in [-0.05, 0) is 36.4 Å². The van der Waals surface area contributed by atoms with Crippen LogP contribution < -0.4 is 20.4 Å². The maximum absolute atomic E-state index is 12.6. The van der Waals surface area contributed by atoms with Gasteiger partial charge in [0.1, 0.15) is 18.0 Å². The molecule has 166 valence electrons. The van der Waals surface area contributed by atoms with Crippen LogP contribution in [0.3, 0.4) is 0 Å². The molecule has 0 aliphatic carbocycles. The monoisotopic (exact) mass is 442 g/mol. The predicted octanol–water partition coefficient (Wildman–Crippen LogP) is 4.47. The number of benzene rings is 2. The Kier molecular flexibility index (Phi) is 6.11. The summed E-state index contributed by atoms with van der Waals surface area (Å²) >= 11 is 0. The van der Waals surface area contributed by atoms with E-state index in [2.05, 4.69) is 42.5 Å². The first-order chi connectivity index (χ1) is 15.4. The fourth-order valence-corrected chi connectivity index (χ4v) is 3.44. The van der Waals surface area contributed by atoms with Gasteiger partial charge in [-0.25, -0.2) is 14.8 Å². The Bertz CT molecular complexity index is 1050. The number of piperazine rings is 1. The van der Waals surface area contributed by atoms with Gasteiger partial charge in [0.25, 0.3) is 0 Å². The molecular weight excluding hydrogens is 421 g/mol. The lowest BCUT2D eigenvalue weighted by molar-refractivity contribution is -0.137. The minimum absolute atomic E-state index is 0.238. The van der Waals surface area contributed by atoms with Gasteiger partial charge in [0, 0.05) is 43.6 Å². The van der Waals surface area contributed by atoms with Crippen LogP contribution in [0.5, 0.6) is 0 Å². The average Bonchev–Trinajstić information content (AvgIpc) is 2.80. The summed E-state index contributed by atoms with van der Waals surface area (Å²) in [5.41, 5.74) is 0.634. The summed E-state index contributed by atoms with van der Waals surface area (Å²) in [5, 5.41) is 5.08. The van der Waals surface area contributed by atoms with E-state index in [9.17, 15) is 18.0 Å². The Morgan fingerprint density at radius 1 is 0.844 bits per heavy atom. The van der Waals surface area contributed by atoms with Crippen molar-refractivity contribution in [3.05, 3.63) is 72.6 Å². The largest absolute Gasteiger partial charge is 0.416 e. The number of hydrogen-bond acceptors (Lipinski definition) is 5. The van der Waals surface area contributed by atoms with Crippen molar-refractivity contribution in [3.63, 3.8) is 0 Å². The van der Waals surface area contributed by atoms with Crippen molar-refractivity contribution in [2.45, 2.75) is 6.18 Å².